The van der Waals surface area contributed by atoms with Crippen LogP contribution < -0.4 is 4.74 Å². The fraction of sp³-hybridized carbons (Fsp3) is 0.500. The van der Waals surface area contributed by atoms with Crippen LogP contribution in [0.15, 0.2) is 6.20 Å². The van der Waals surface area contributed by atoms with E-state index in [9.17, 15) is 13.2 Å². The van der Waals surface area contributed by atoms with Crippen molar-refractivity contribution in [2.45, 2.75) is 6.18 Å². The number of aromatic nitrogens is 2. The Morgan fingerprint density at radius 3 is 2.42 bits per heavy atom. The van der Waals surface area contributed by atoms with Gasteiger partial charge in [0.25, 0.3) is 0 Å². The second-order valence-corrected chi connectivity index (χ2v) is 2.18. The molecule has 1 heterocycles. The zero-order valence-corrected chi connectivity index (χ0v) is 6.51. The lowest BCUT2D eigenvalue weighted by Crippen LogP contribution is -2.12. The Hall–Kier alpha value is -1.20. The summed E-state index contributed by atoms with van der Waals surface area (Å²) in [5.41, 5.74) is -0.870. The monoisotopic (exact) mass is 180 g/mol. The SMILES string of the molecule is COc1cnn(C)c1C(F)(F)F. The van der Waals surface area contributed by atoms with Gasteiger partial charge in [0, 0.05) is 7.05 Å². The molecule has 0 aliphatic carbocycles. The smallest absolute Gasteiger partial charge is 0.436 e. The molecule has 1 aromatic heterocycles. The molecule has 0 spiro atoms. The standard InChI is InChI=1S/C6H7F3N2O/c1-11-5(6(7,8)9)4(12-2)3-10-11/h3H,1-2H3. The lowest BCUT2D eigenvalue weighted by atomic mass is 10.4. The van der Waals surface area contributed by atoms with Crippen molar-refractivity contribution in [3.63, 3.8) is 0 Å². The summed E-state index contributed by atoms with van der Waals surface area (Å²) in [6.07, 6.45) is -3.39. The van der Waals surface area contributed by atoms with Gasteiger partial charge in [-0.25, -0.2) is 0 Å². The molecule has 3 nitrogen and oxygen atoms in total. The number of nitrogens with zero attached hydrogens (tertiary/aromatic N) is 2. The van der Waals surface area contributed by atoms with E-state index in [0.29, 0.717) is 0 Å². The van der Waals surface area contributed by atoms with Crippen LogP contribution in [0.1, 0.15) is 5.69 Å². The number of methoxy groups -OCH3 is 1. The third-order valence-corrected chi connectivity index (χ3v) is 1.39. The van der Waals surface area contributed by atoms with Gasteiger partial charge in [0.15, 0.2) is 11.4 Å². The molecule has 0 bridgehead atoms. The first kappa shape index (κ1) is 8.89. The summed E-state index contributed by atoms with van der Waals surface area (Å²) in [7, 11) is 2.39. The third kappa shape index (κ3) is 1.37. The Labute approximate surface area is 66.7 Å². The van der Waals surface area contributed by atoms with Crippen molar-refractivity contribution in [3.05, 3.63) is 11.9 Å². The molecule has 0 atom stereocenters. The molecule has 0 amide bonds. The van der Waals surface area contributed by atoms with E-state index >= 15 is 0 Å². The van der Waals surface area contributed by atoms with E-state index < -0.39 is 11.9 Å². The van der Waals surface area contributed by atoms with E-state index in [4.69, 9.17) is 0 Å². The molecule has 1 aromatic rings. The molecule has 0 aliphatic heterocycles. The van der Waals surface area contributed by atoms with Crippen LogP contribution in [0, 0.1) is 0 Å². The van der Waals surface area contributed by atoms with Gasteiger partial charge in [0.2, 0.25) is 0 Å². The Kier molecular flexibility index (Phi) is 1.99. The number of rotatable bonds is 1. The van der Waals surface area contributed by atoms with Crippen molar-refractivity contribution in [1.82, 2.24) is 9.78 Å². The number of hydrogen-bond donors (Lipinski definition) is 0. The van der Waals surface area contributed by atoms with E-state index in [1.54, 1.807) is 0 Å². The molecule has 0 saturated carbocycles. The van der Waals surface area contributed by atoms with Crippen LogP contribution in [0.5, 0.6) is 5.75 Å². The summed E-state index contributed by atoms with van der Waals surface area (Å²) >= 11 is 0. The van der Waals surface area contributed by atoms with Gasteiger partial charge in [0.1, 0.15) is 0 Å². The summed E-state index contributed by atoms with van der Waals surface area (Å²) in [6.45, 7) is 0. The first-order valence-corrected chi connectivity index (χ1v) is 3.10. The average molecular weight is 180 g/mol. The van der Waals surface area contributed by atoms with E-state index in [1.165, 1.54) is 14.2 Å². The molecule has 12 heavy (non-hydrogen) atoms. The zero-order chi connectivity index (χ0) is 9.35. The molecule has 0 unspecified atom stereocenters. The largest absolute Gasteiger partial charge is 0.493 e. The lowest BCUT2D eigenvalue weighted by molar-refractivity contribution is -0.144. The van der Waals surface area contributed by atoms with Gasteiger partial charge < -0.3 is 4.74 Å². The van der Waals surface area contributed by atoms with Gasteiger partial charge in [-0.2, -0.15) is 18.3 Å². The van der Waals surface area contributed by atoms with E-state index in [2.05, 4.69) is 9.84 Å². The molecule has 0 aromatic carbocycles. The highest BCUT2D eigenvalue weighted by molar-refractivity contribution is 5.27. The Morgan fingerprint density at radius 2 is 2.08 bits per heavy atom. The van der Waals surface area contributed by atoms with Crippen LogP contribution in [-0.2, 0) is 13.2 Å². The van der Waals surface area contributed by atoms with Crippen molar-refractivity contribution in [1.29, 1.82) is 0 Å². The quantitative estimate of drug-likeness (QED) is 0.654. The maximum Gasteiger partial charge on any atom is 0.436 e. The molecule has 0 N–H and O–H groups in total. The van der Waals surface area contributed by atoms with Crippen LogP contribution in [0.3, 0.4) is 0 Å². The number of ether oxygens (including phenoxy) is 1. The summed E-state index contributed by atoms with van der Waals surface area (Å²) in [6, 6.07) is 0. The zero-order valence-electron chi connectivity index (χ0n) is 6.51. The van der Waals surface area contributed by atoms with Gasteiger partial charge in [0.05, 0.1) is 13.3 Å². The summed E-state index contributed by atoms with van der Waals surface area (Å²) < 4.78 is 41.8. The van der Waals surface area contributed by atoms with Crippen LogP contribution in [0.4, 0.5) is 13.2 Å². The molecular formula is C6H7F3N2O. The highest BCUT2D eigenvalue weighted by Gasteiger charge is 2.38. The van der Waals surface area contributed by atoms with E-state index in [0.717, 1.165) is 10.9 Å². The van der Waals surface area contributed by atoms with Crippen LogP contribution in [0.2, 0.25) is 0 Å². The fourth-order valence-corrected chi connectivity index (χ4v) is 0.890. The number of halogens is 3. The van der Waals surface area contributed by atoms with Crippen molar-refractivity contribution >= 4 is 0 Å². The minimum atomic E-state index is -4.42. The Bertz CT molecular complexity index is 279. The van der Waals surface area contributed by atoms with Crippen molar-refractivity contribution < 1.29 is 17.9 Å². The normalized spacial score (nSPS) is 11.8. The molecule has 0 radical (unpaired) electrons. The number of aryl methyl sites for hydroxylation is 1. The van der Waals surface area contributed by atoms with Crippen molar-refractivity contribution in [2.24, 2.45) is 7.05 Å². The Morgan fingerprint density at radius 1 is 1.50 bits per heavy atom. The van der Waals surface area contributed by atoms with E-state index in [-0.39, 0.29) is 5.75 Å². The lowest BCUT2D eigenvalue weighted by Gasteiger charge is -2.07. The fourth-order valence-electron chi connectivity index (χ4n) is 0.890. The molecule has 0 fully saturated rings. The average Bonchev–Trinajstić information content (AvgIpc) is 2.29. The minimum Gasteiger partial charge on any atom is -0.493 e. The summed E-state index contributed by atoms with van der Waals surface area (Å²) in [5.74, 6) is -0.259. The van der Waals surface area contributed by atoms with Gasteiger partial charge in [-0.3, -0.25) is 4.68 Å². The van der Waals surface area contributed by atoms with Crippen LogP contribution in [0.25, 0.3) is 0 Å². The maximum atomic E-state index is 12.2. The number of hydrogen-bond acceptors (Lipinski definition) is 2. The molecular weight excluding hydrogens is 173 g/mol. The van der Waals surface area contributed by atoms with Crippen molar-refractivity contribution in [3.8, 4) is 5.75 Å². The highest BCUT2D eigenvalue weighted by atomic mass is 19.4. The van der Waals surface area contributed by atoms with E-state index in [1.807, 2.05) is 0 Å². The maximum absolute atomic E-state index is 12.2. The second-order valence-electron chi connectivity index (χ2n) is 2.18. The molecule has 1 rings (SSSR count). The van der Waals surface area contributed by atoms with Gasteiger partial charge in [-0.15, -0.1) is 0 Å². The molecule has 0 saturated heterocycles. The van der Waals surface area contributed by atoms with Crippen LogP contribution in [-0.4, -0.2) is 16.9 Å². The second kappa shape index (κ2) is 2.69. The first-order valence-electron chi connectivity index (χ1n) is 3.10. The Balaban J connectivity index is 3.19. The molecule has 6 heteroatoms. The molecule has 68 valence electrons. The minimum absolute atomic E-state index is 0.259. The number of alkyl halides is 3. The third-order valence-electron chi connectivity index (χ3n) is 1.39. The van der Waals surface area contributed by atoms with Crippen molar-refractivity contribution in [2.75, 3.05) is 7.11 Å². The van der Waals surface area contributed by atoms with Gasteiger partial charge in [-0.05, 0) is 0 Å². The predicted octanol–water partition coefficient (Wildman–Crippen LogP) is 1.45. The summed E-state index contributed by atoms with van der Waals surface area (Å²) in [5, 5.41) is 3.43. The first-order chi connectivity index (χ1) is 5.46. The predicted molar refractivity (Wildman–Crippen MR) is 34.8 cm³/mol. The topological polar surface area (TPSA) is 27.1 Å². The van der Waals surface area contributed by atoms with Crippen LogP contribution >= 0.6 is 0 Å². The molecule has 0 aliphatic rings. The van der Waals surface area contributed by atoms with Gasteiger partial charge in [-0.1, -0.05) is 0 Å². The summed E-state index contributed by atoms with van der Waals surface area (Å²) in [4.78, 5) is 0. The highest BCUT2D eigenvalue weighted by Crippen LogP contribution is 2.35. The van der Waals surface area contributed by atoms with Gasteiger partial charge >= 0.3 is 6.18 Å².